The Morgan fingerprint density at radius 1 is 1.60 bits per heavy atom. The van der Waals surface area contributed by atoms with Gasteiger partial charge in [0.1, 0.15) is 5.75 Å². The third kappa shape index (κ3) is 3.50. The van der Waals surface area contributed by atoms with Gasteiger partial charge in [-0.2, -0.15) is 0 Å². The summed E-state index contributed by atoms with van der Waals surface area (Å²) < 4.78 is 5.42. The lowest BCUT2D eigenvalue weighted by Gasteiger charge is -2.14. The Balaban J connectivity index is 2.58. The Hall–Kier alpha value is -1.71. The molecule has 1 aromatic carbocycles. The zero-order valence-electron chi connectivity index (χ0n) is 8.99. The van der Waals surface area contributed by atoms with E-state index in [9.17, 15) is 4.79 Å². The summed E-state index contributed by atoms with van der Waals surface area (Å²) in [6, 6.07) is 7.01. The number of nitrogen functional groups attached to an aromatic ring is 1. The standard InChI is InChI=1S/C11H16N2O2/c1-3-13-11(14)8(2)15-10-6-4-5-9(12)7-10/h4-8H,3,12H2,1-2H3,(H,13,14)/t8-/m0/s1. The fourth-order valence-electron chi connectivity index (χ4n) is 1.16. The Bertz CT molecular complexity index is 339. The third-order valence-corrected chi connectivity index (χ3v) is 1.89. The fraction of sp³-hybridized carbons (Fsp3) is 0.364. The van der Waals surface area contributed by atoms with E-state index >= 15 is 0 Å². The van der Waals surface area contributed by atoms with E-state index in [0.717, 1.165) is 0 Å². The number of carbonyl (C=O) groups excluding carboxylic acids is 1. The number of rotatable bonds is 4. The highest BCUT2D eigenvalue weighted by Gasteiger charge is 2.12. The van der Waals surface area contributed by atoms with Crippen molar-refractivity contribution in [3.05, 3.63) is 24.3 Å². The summed E-state index contributed by atoms with van der Waals surface area (Å²) in [4.78, 5) is 11.4. The molecule has 3 N–H and O–H groups in total. The summed E-state index contributed by atoms with van der Waals surface area (Å²) in [6.07, 6.45) is -0.508. The summed E-state index contributed by atoms with van der Waals surface area (Å²) in [6.45, 7) is 4.17. The van der Waals surface area contributed by atoms with E-state index in [1.165, 1.54) is 0 Å². The van der Waals surface area contributed by atoms with E-state index in [-0.39, 0.29) is 5.91 Å². The molecule has 4 heteroatoms. The lowest BCUT2D eigenvalue weighted by Crippen LogP contribution is -2.36. The average Bonchev–Trinajstić information content (AvgIpc) is 2.18. The van der Waals surface area contributed by atoms with Gasteiger partial charge in [0.05, 0.1) is 0 Å². The molecule has 0 fully saturated rings. The van der Waals surface area contributed by atoms with Gasteiger partial charge in [0.2, 0.25) is 0 Å². The largest absolute Gasteiger partial charge is 0.481 e. The van der Waals surface area contributed by atoms with Crippen LogP contribution in [0.25, 0.3) is 0 Å². The summed E-state index contributed by atoms with van der Waals surface area (Å²) in [7, 11) is 0. The van der Waals surface area contributed by atoms with Gasteiger partial charge in [0.25, 0.3) is 5.91 Å². The van der Waals surface area contributed by atoms with E-state index < -0.39 is 6.10 Å². The van der Waals surface area contributed by atoms with Gasteiger partial charge in [-0.05, 0) is 26.0 Å². The van der Waals surface area contributed by atoms with Crippen molar-refractivity contribution in [2.45, 2.75) is 20.0 Å². The summed E-state index contributed by atoms with van der Waals surface area (Å²) in [5, 5.41) is 2.68. The van der Waals surface area contributed by atoms with Gasteiger partial charge in [-0.3, -0.25) is 4.79 Å². The molecule has 82 valence electrons. The van der Waals surface area contributed by atoms with Gasteiger partial charge in [-0.25, -0.2) is 0 Å². The number of amides is 1. The number of hydrogen-bond donors (Lipinski definition) is 2. The summed E-state index contributed by atoms with van der Waals surface area (Å²) in [5.41, 5.74) is 6.21. The Kier molecular flexibility index (Phi) is 3.97. The molecule has 0 saturated heterocycles. The Morgan fingerprint density at radius 2 is 2.33 bits per heavy atom. The molecular formula is C11H16N2O2. The number of carbonyl (C=O) groups is 1. The molecule has 0 spiro atoms. The van der Waals surface area contributed by atoms with Gasteiger partial charge in [0, 0.05) is 18.3 Å². The van der Waals surface area contributed by atoms with Crippen molar-refractivity contribution < 1.29 is 9.53 Å². The second kappa shape index (κ2) is 5.24. The number of nitrogens with one attached hydrogen (secondary N) is 1. The Morgan fingerprint density at radius 3 is 2.93 bits per heavy atom. The first-order valence-electron chi connectivity index (χ1n) is 4.93. The molecule has 0 aliphatic heterocycles. The van der Waals surface area contributed by atoms with Crippen LogP contribution in [0.2, 0.25) is 0 Å². The maximum absolute atomic E-state index is 11.4. The molecule has 0 aliphatic rings. The molecule has 0 aromatic heterocycles. The van der Waals surface area contributed by atoms with Crippen molar-refractivity contribution in [2.75, 3.05) is 12.3 Å². The number of likely N-dealkylation sites (N-methyl/N-ethyl adjacent to an activating group) is 1. The van der Waals surface area contributed by atoms with E-state index in [1.807, 2.05) is 6.92 Å². The smallest absolute Gasteiger partial charge is 0.260 e. The highest BCUT2D eigenvalue weighted by Crippen LogP contribution is 2.15. The van der Waals surface area contributed by atoms with Crippen LogP contribution in [0.1, 0.15) is 13.8 Å². The van der Waals surface area contributed by atoms with Crippen LogP contribution < -0.4 is 15.8 Å². The first-order valence-corrected chi connectivity index (χ1v) is 4.93. The van der Waals surface area contributed by atoms with Crippen molar-refractivity contribution >= 4 is 11.6 Å². The minimum atomic E-state index is -0.508. The number of hydrogen-bond acceptors (Lipinski definition) is 3. The predicted molar refractivity (Wildman–Crippen MR) is 59.6 cm³/mol. The monoisotopic (exact) mass is 208 g/mol. The van der Waals surface area contributed by atoms with Crippen LogP contribution >= 0.6 is 0 Å². The van der Waals surface area contributed by atoms with E-state index in [2.05, 4.69) is 5.32 Å². The highest BCUT2D eigenvalue weighted by atomic mass is 16.5. The van der Waals surface area contributed by atoms with Crippen molar-refractivity contribution in [3.63, 3.8) is 0 Å². The molecule has 1 aromatic rings. The molecule has 15 heavy (non-hydrogen) atoms. The van der Waals surface area contributed by atoms with Crippen molar-refractivity contribution in [1.82, 2.24) is 5.32 Å². The second-order valence-electron chi connectivity index (χ2n) is 3.23. The predicted octanol–water partition coefficient (Wildman–Crippen LogP) is 1.17. The first kappa shape index (κ1) is 11.4. The minimum Gasteiger partial charge on any atom is -0.481 e. The van der Waals surface area contributed by atoms with Crippen LogP contribution in [0.15, 0.2) is 24.3 Å². The molecule has 4 nitrogen and oxygen atoms in total. The van der Waals surface area contributed by atoms with Crippen molar-refractivity contribution in [2.24, 2.45) is 0 Å². The lowest BCUT2D eigenvalue weighted by atomic mass is 10.3. The SMILES string of the molecule is CCNC(=O)[C@H](C)Oc1cccc(N)c1. The molecule has 0 aliphatic carbocycles. The van der Waals surface area contributed by atoms with E-state index in [1.54, 1.807) is 31.2 Å². The van der Waals surface area contributed by atoms with E-state index in [0.29, 0.717) is 18.0 Å². The number of benzene rings is 1. The number of nitrogens with two attached hydrogens (primary N) is 1. The minimum absolute atomic E-state index is 0.125. The molecule has 1 amide bonds. The van der Waals surface area contributed by atoms with Gasteiger partial charge in [0.15, 0.2) is 6.10 Å². The highest BCUT2D eigenvalue weighted by molar-refractivity contribution is 5.80. The molecule has 0 unspecified atom stereocenters. The van der Waals surface area contributed by atoms with Crippen molar-refractivity contribution in [1.29, 1.82) is 0 Å². The second-order valence-corrected chi connectivity index (χ2v) is 3.23. The Labute approximate surface area is 89.4 Å². The van der Waals surface area contributed by atoms with Crippen LogP contribution in [0.4, 0.5) is 5.69 Å². The molecule has 1 atom stereocenters. The van der Waals surface area contributed by atoms with Gasteiger partial charge in [-0.15, -0.1) is 0 Å². The fourth-order valence-corrected chi connectivity index (χ4v) is 1.16. The maximum atomic E-state index is 11.4. The van der Waals surface area contributed by atoms with E-state index in [4.69, 9.17) is 10.5 Å². The molecule has 0 bridgehead atoms. The van der Waals surface area contributed by atoms with Gasteiger partial charge >= 0.3 is 0 Å². The lowest BCUT2D eigenvalue weighted by molar-refractivity contribution is -0.127. The van der Waals surface area contributed by atoms with Crippen LogP contribution in [0.3, 0.4) is 0 Å². The van der Waals surface area contributed by atoms with Crippen LogP contribution in [-0.4, -0.2) is 18.6 Å². The molecule has 0 saturated carbocycles. The normalized spacial score (nSPS) is 11.9. The first-order chi connectivity index (χ1) is 7.13. The molecule has 0 radical (unpaired) electrons. The van der Waals surface area contributed by atoms with Crippen LogP contribution in [0.5, 0.6) is 5.75 Å². The number of ether oxygens (including phenoxy) is 1. The maximum Gasteiger partial charge on any atom is 0.260 e. The molecule has 1 rings (SSSR count). The quantitative estimate of drug-likeness (QED) is 0.730. The zero-order chi connectivity index (χ0) is 11.3. The van der Waals surface area contributed by atoms with Crippen LogP contribution in [0, 0.1) is 0 Å². The van der Waals surface area contributed by atoms with Crippen LogP contribution in [-0.2, 0) is 4.79 Å². The average molecular weight is 208 g/mol. The van der Waals surface area contributed by atoms with Crippen molar-refractivity contribution in [3.8, 4) is 5.75 Å². The topological polar surface area (TPSA) is 64.3 Å². The molecule has 0 heterocycles. The summed E-state index contributed by atoms with van der Waals surface area (Å²) >= 11 is 0. The van der Waals surface area contributed by atoms with Gasteiger partial charge < -0.3 is 15.8 Å². The third-order valence-electron chi connectivity index (χ3n) is 1.89. The van der Waals surface area contributed by atoms with Gasteiger partial charge in [-0.1, -0.05) is 6.07 Å². The number of anilines is 1. The summed E-state index contributed by atoms with van der Waals surface area (Å²) in [5.74, 6) is 0.480. The molecular weight excluding hydrogens is 192 g/mol. The zero-order valence-corrected chi connectivity index (χ0v) is 8.99.